The Hall–Kier alpha value is -3.94. The molecule has 0 unspecified atom stereocenters. The van der Waals surface area contributed by atoms with Crippen LogP contribution >= 0.6 is 0 Å². The van der Waals surface area contributed by atoms with Crippen LogP contribution in [0.1, 0.15) is 51.4 Å². The molecule has 1 saturated carbocycles. The minimum atomic E-state index is -3.11. The van der Waals surface area contributed by atoms with Crippen molar-refractivity contribution >= 4 is 23.3 Å². The van der Waals surface area contributed by atoms with E-state index in [0.29, 0.717) is 37.2 Å². The smallest absolute Gasteiger partial charge is 0.293 e. The molecule has 1 aromatic carbocycles. The predicted molar refractivity (Wildman–Crippen MR) is 121 cm³/mol. The van der Waals surface area contributed by atoms with Gasteiger partial charge in [-0.05, 0) is 25.3 Å². The molecule has 2 aromatic rings. The van der Waals surface area contributed by atoms with E-state index in [0.717, 1.165) is 6.20 Å². The SMILES string of the molecule is Cc1c(C(=O)C(=O)NC2(/C(N)=C/NN)CC(F)(F)C2)c2n(c1C(=O)Nc1cc(F)c(F)c(F)c1)CCC2. The Balaban J connectivity index is 1.63. The summed E-state index contributed by atoms with van der Waals surface area (Å²) in [7, 11) is 0. The summed E-state index contributed by atoms with van der Waals surface area (Å²) in [5.74, 6) is -5.77. The Labute approximate surface area is 207 Å². The molecule has 1 aliphatic carbocycles. The van der Waals surface area contributed by atoms with Crippen molar-refractivity contribution in [1.29, 1.82) is 0 Å². The topological polar surface area (TPSA) is 144 Å². The fraction of sp³-hybridized carbons (Fsp3) is 0.348. The van der Waals surface area contributed by atoms with Crippen LogP contribution in [-0.4, -0.2) is 33.6 Å². The van der Waals surface area contributed by atoms with E-state index in [4.69, 9.17) is 11.6 Å². The van der Waals surface area contributed by atoms with Gasteiger partial charge in [-0.1, -0.05) is 0 Å². The van der Waals surface area contributed by atoms with Crippen molar-refractivity contribution in [2.45, 2.75) is 50.6 Å². The number of hydrogen-bond acceptors (Lipinski definition) is 6. The third kappa shape index (κ3) is 4.52. The molecule has 0 bridgehead atoms. The number of nitrogens with zero attached hydrogens (tertiary/aromatic N) is 1. The molecule has 0 atom stereocenters. The molecular formula is C23H23F5N6O3. The van der Waals surface area contributed by atoms with Crippen molar-refractivity contribution in [3.63, 3.8) is 0 Å². The molecule has 0 radical (unpaired) electrons. The summed E-state index contributed by atoms with van der Waals surface area (Å²) in [6.07, 6.45) is 0.226. The van der Waals surface area contributed by atoms with E-state index in [1.165, 1.54) is 11.5 Å². The quantitative estimate of drug-likeness (QED) is 0.0934. The third-order valence-electron chi connectivity index (χ3n) is 6.56. The first-order valence-electron chi connectivity index (χ1n) is 11.1. The summed E-state index contributed by atoms with van der Waals surface area (Å²) in [5, 5.41) is 4.57. The van der Waals surface area contributed by atoms with Crippen LogP contribution < -0.4 is 27.6 Å². The van der Waals surface area contributed by atoms with Gasteiger partial charge in [-0.25, -0.2) is 22.0 Å². The Morgan fingerprint density at radius 2 is 1.73 bits per heavy atom. The van der Waals surface area contributed by atoms with Crippen molar-refractivity contribution in [2.24, 2.45) is 11.6 Å². The average molecular weight is 526 g/mol. The molecule has 198 valence electrons. The zero-order valence-corrected chi connectivity index (χ0v) is 19.5. The maximum Gasteiger partial charge on any atom is 0.293 e. The number of nitrogens with two attached hydrogens (primary N) is 2. The molecule has 2 amide bonds. The largest absolute Gasteiger partial charge is 0.399 e. The number of alkyl halides is 2. The Bertz CT molecular complexity index is 1320. The standard InChI is InChI=1S/C23H23F5N6O3/c1-10-16(19(35)21(37)33-22(15(29)7-31-30)8-23(27,28)9-22)14-3-2-4-34(14)18(10)20(36)32-11-5-12(24)17(26)13(25)6-11/h5-7,31H,2-4,8-9,29-30H2,1H3,(H,32,36)(H,33,37)/b15-7-. The van der Waals surface area contributed by atoms with E-state index in [9.17, 15) is 36.3 Å². The Kier molecular flexibility index (Phi) is 6.48. The van der Waals surface area contributed by atoms with Crippen molar-refractivity contribution in [3.05, 3.63) is 64.0 Å². The highest BCUT2D eigenvalue weighted by Gasteiger charge is 2.59. The lowest BCUT2D eigenvalue weighted by atomic mass is 9.71. The van der Waals surface area contributed by atoms with Crippen LogP contribution in [0, 0.1) is 24.4 Å². The molecule has 9 nitrogen and oxygen atoms in total. The summed E-state index contributed by atoms with van der Waals surface area (Å²) in [4.78, 5) is 39.2. The number of halogens is 5. The number of hydrazine groups is 1. The van der Waals surface area contributed by atoms with Crippen molar-refractivity contribution in [3.8, 4) is 0 Å². The second-order valence-electron chi connectivity index (χ2n) is 9.10. The number of benzene rings is 1. The van der Waals surface area contributed by atoms with Crippen LogP contribution in [0.5, 0.6) is 0 Å². The zero-order valence-electron chi connectivity index (χ0n) is 19.5. The van der Waals surface area contributed by atoms with Gasteiger partial charge in [0.05, 0.1) is 16.8 Å². The summed E-state index contributed by atoms with van der Waals surface area (Å²) < 4.78 is 69.3. The Morgan fingerprint density at radius 3 is 2.30 bits per heavy atom. The fourth-order valence-corrected chi connectivity index (χ4v) is 4.94. The van der Waals surface area contributed by atoms with Crippen LogP contribution in [0.15, 0.2) is 24.0 Å². The minimum Gasteiger partial charge on any atom is -0.399 e. The third-order valence-corrected chi connectivity index (χ3v) is 6.56. The van der Waals surface area contributed by atoms with Gasteiger partial charge in [0.15, 0.2) is 17.5 Å². The molecule has 37 heavy (non-hydrogen) atoms. The lowest BCUT2D eigenvalue weighted by Crippen LogP contribution is -2.65. The zero-order chi connectivity index (χ0) is 27.3. The predicted octanol–water partition coefficient (Wildman–Crippen LogP) is 2.14. The van der Waals surface area contributed by atoms with Gasteiger partial charge in [0.25, 0.3) is 23.5 Å². The summed E-state index contributed by atoms with van der Waals surface area (Å²) in [5.41, 5.74) is 6.04. The van der Waals surface area contributed by atoms with E-state index < -0.39 is 59.4 Å². The monoisotopic (exact) mass is 526 g/mol. The van der Waals surface area contributed by atoms with Gasteiger partial charge in [0.1, 0.15) is 5.69 Å². The van der Waals surface area contributed by atoms with Crippen LogP contribution in [0.2, 0.25) is 0 Å². The number of ketones is 1. The van der Waals surface area contributed by atoms with Gasteiger partial charge in [0.2, 0.25) is 0 Å². The first kappa shape index (κ1) is 26.1. The number of anilines is 1. The van der Waals surface area contributed by atoms with Crippen molar-refractivity contribution < 1.29 is 36.3 Å². The van der Waals surface area contributed by atoms with E-state index >= 15 is 0 Å². The number of aromatic nitrogens is 1. The maximum atomic E-state index is 13.7. The maximum absolute atomic E-state index is 13.7. The highest BCUT2D eigenvalue weighted by atomic mass is 19.3. The number of Topliss-reactive ketones (excluding diaryl/α,β-unsaturated/α-hetero) is 1. The van der Waals surface area contributed by atoms with Crippen LogP contribution in [0.25, 0.3) is 0 Å². The molecule has 1 fully saturated rings. The number of rotatable bonds is 7. The lowest BCUT2D eigenvalue weighted by molar-refractivity contribution is -0.137. The normalized spacial score (nSPS) is 17.5. The molecule has 0 saturated heterocycles. The first-order chi connectivity index (χ1) is 17.3. The second kappa shape index (κ2) is 9.18. The van der Waals surface area contributed by atoms with Crippen LogP contribution in [0.4, 0.5) is 27.6 Å². The average Bonchev–Trinajstić information content (AvgIpc) is 3.34. The molecular weight excluding hydrogens is 503 g/mol. The van der Waals surface area contributed by atoms with Gasteiger partial charge in [-0.3, -0.25) is 20.2 Å². The molecule has 7 N–H and O–H groups in total. The second-order valence-corrected chi connectivity index (χ2v) is 9.10. The first-order valence-corrected chi connectivity index (χ1v) is 11.1. The minimum absolute atomic E-state index is 0.0366. The highest BCUT2D eigenvalue weighted by molar-refractivity contribution is 6.44. The van der Waals surface area contributed by atoms with Crippen molar-refractivity contribution in [2.75, 3.05) is 5.32 Å². The van der Waals surface area contributed by atoms with Gasteiger partial charge < -0.3 is 26.4 Å². The Morgan fingerprint density at radius 1 is 1.11 bits per heavy atom. The summed E-state index contributed by atoms with van der Waals surface area (Å²) in [6, 6.07) is 1.20. The molecule has 1 aliphatic heterocycles. The molecule has 4 rings (SSSR count). The lowest BCUT2D eigenvalue weighted by Gasteiger charge is -2.47. The van der Waals surface area contributed by atoms with E-state index in [2.05, 4.69) is 16.1 Å². The fourth-order valence-electron chi connectivity index (χ4n) is 4.94. The number of carbonyl (C=O) groups excluding carboxylic acids is 3. The molecule has 0 spiro atoms. The van der Waals surface area contributed by atoms with E-state index in [1.807, 2.05) is 0 Å². The van der Waals surface area contributed by atoms with Gasteiger partial charge in [0, 0.05) is 49.1 Å². The number of hydrogen-bond donors (Lipinski definition) is 5. The number of nitrogens with one attached hydrogen (secondary N) is 3. The van der Waals surface area contributed by atoms with Gasteiger partial charge in [-0.2, -0.15) is 0 Å². The van der Waals surface area contributed by atoms with Gasteiger partial charge >= 0.3 is 0 Å². The summed E-state index contributed by atoms with van der Waals surface area (Å²) in [6.45, 7) is 1.72. The number of carbonyl (C=O) groups is 3. The van der Waals surface area contributed by atoms with Crippen molar-refractivity contribution in [1.82, 2.24) is 15.3 Å². The summed E-state index contributed by atoms with van der Waals surface area (Å²) >= 11 is 0. The van der Waals surface area contributed by atoms with Gasteiger partial charge in [-0.15, -0.1) is 0 Å². The highest BCUT2D eigenvalue weighted by Crippen LogP contribution is 2.48. The number of amides is 2. The van der Waals surface area contributed by atoms with Crippen LogP contribution in [0.3, 0.4) is 0 Å². The van der Waals surface area contributed by atoms with E-state index in [-0.39, 0.29) is 28.2 Å². The van der Waals surface area contributed by atoms with E-state index in [1.54, 1.807) is 0 Å². The van der Waals surface area contributed by atoms with Crippen LogP contribution in [-0.2, 0) is 17.8 Å². The molecule has 1 aromatic heterocycles. The molecule has 2 heterocycles. The molecule has 2 aliphatic rings. The molecule has 14 heteroatoms. The number of fused-ring (bicyclic) bond motifs is 1.